The van der Waals surface area contributed by atoms with Crippen molar-refractivity contribution in [2.24, 2.45) is 0 Å². The lowest BCUT2D eigenvalue weighted by Gasteiger charge is -2.25. The second-order valence-corrected chi connectivity index (χ2v) is 5.87. The van der Waals surface area contributed by atoms with E-state index in [9.17, 15) is 26.7 Å². The number of amides is 2. The molecule has 1 atom stereocenters. The third-order valence-corrected chi connectivity index (χ3v) is 3.69. The Morgan fingerprint density at radius 2 is 1.82 bits per heavy atom. The van der Waals surface area contributed by atoms with Gasteiger partial charge in [-0.25, -0.2) is 18.6 Å². The maximum atomic E-state index is 13.2. The topological polar surface area (TPSA) is 78.4 Å². The Morgan fingerprint density at radius 1 is 1.18 bits per heavy atom. The van der Waals surface area contributed by atoms with E-state index >= 15 is 0 Å². The number of rotatable bonds is 6. The molecule has 0 unspecified atom stereocenters. The van der Waals surface area contributed by atoms with Gasteiger partial charge in [-0.1, -0.05) is 0 Å². The van der Waals surface area contributed by atoms with Crippen molar-refractivity contribution in [1.29, 1.82) is 0 Å². The first-order valence-corrected chi connectivity index (χ1v) is 8.15. The van der Waals surface area contributed by atoms with Gasteiger partial charge in [0.05, 0.1) is 24.6 Å². The molecule has 11 heteroatoms. The molecule has 2 amide bonds. The van der Waals surface area contributed by atoms with Crippen molar-refractivity contribution in [2.45, 2.75) is 25.6 Å². The van der Waals surface area contributed by atoms with Crippen molar-refractivity contribution in [2.75, 3.05) is 18.4 Å². The highest BCUT2D eigenvalue weighted by Gasteiger charge is 2.39. The molecule has 0 bridgehead atoms. The number of halogens is 5. The number of aliphatic hydroxyl groups excluding tert-OH is 1. The van der Waals surface area contributed by atoms with Gasteiger partial charge < -0.3 is 10.0 Å². The van der Waals surface area contributed by atoms with E-state index < -0.39 is 36.5 Å². The number of nitrogens with one attached hydrogen (secondary N) is 1. The van der Waals surface area contributed by atoms with Gasteiger partial charge in [0.1, 0.15) is 11.6 Å². The quantitative estimate of drug-likeness (QED) is 0.726. The van der Waals surface area contributed by atoms with Gasteiger partial charge in [0.15, 0.2) is 11.9 Å². The number of hydrogen-bond donors (Lipinski definition) is 2. The monoisotopic (exact) mass is 404 g/mol. The smallest absolute Gasteiger partial charge is 0.382 e. The van der Waals surface area contributed by atoms with Gasteiger partial charge in [-0.15, -0.1) is 0 Å². The molecule has 0 saturated carbocycles. The molecule has 1 heterocycles. The molecule has 0 aliphatic heterocycles. The number of anilines is 1. The highest BCUT2D eigenvalue weighted by atomic mass is 19.4. The molecule has 0 radical (unpaired) electrons. The molecule has 152 valence electrons. The Morgan fingerprint density at radius 3 is 2.32 bits per heavy atom. The number of aliphatic hydroxyl groups is 1. The van der Waals surface area contributed by atoms with Gasteiger partial charge in [0.2, 0.25) is 0 Å². The molecule has 2 aromatic rings. The predicted octanol–water partition coefficient (Wildman–Crippen LogP) is 3.12. The summed E-state index contributed by atoms with van der Waals surface area (Å²) in [4.78, 5) is 20.7. The summed E-state index contributed by atoms with van der Waals surface area (Å²) in [6, 6.07) is 2.14. The van der Waals surface area contributed by atoms with Gasteiger partial charge in [0.25, 0.3) is 0 Å². The normalized spacial score (nSPS) is 12.5. The first-order valence-electron chi connectivity index (χ1n) is 8.15. The van der Waals surface area contributed by atoms with Crippen molar-refractivity contribution in [3.8, 4) is 0 Å². The van der Waals surface area contributed by atoms with Crippen molar-refractivity contribution < 1.29 is 31.9 Å². The van der Waals surface area contributed by atoms with E-state index in [4.69, 9.17) is 5.11 Å². The van der Waals surface area contributed by atoms with Crippen LogP contribution in [0.25, 0.3) is 0 Å². The molecule has 0 spiro atoms. The number of nitrogens with zero attached hydrogens (tertiary/aromatic N) is 3. The number of benzene rings is 1. The summed E-state index contributed by atoms with van der Waals surface area (Å²) >= 11 is 0. The van der Waals surface area contributed by atoms with Gasteiger partial charge >= 0.3 is 12.2 Å². The minimum atomic E-state index is -4.84. The van der Waals surface area contributed by atoms with Gasteiger partial charge in [-0.2, -0.15) is 13.2 Å². The molecule has 1 aromatic carbocycles. The fourth-order valence-electron chi connectivity index (χ4n) is 2.29. The maximum absolute atomic E-state index is 13.2. The number of likely N-dealkylation sites (N-methyl/N-ethyl adjacent to an activating group) is 1. The van der Waals surface area contributed by atoms with Crippen LogP contribution in [0, 0.1) is 11.6 Å². The van der Waals surface area contributed by atoms with E-state index in [1.807, 2.05) is 0 Å². The molecule has 0 saturated heterocycles. The summed E-state index contributed by atoms with van der Waals surface area (Å²) in [5, 5.41) is 11.4. The van der Waals surface area contributed by atoms with Crippen LogP contribution in [0.3, 0.4) is 0 Å². The zero-order valence-electron chi connectivity index (χ0n) is 14.7. The van der Waals surface area contributed by atoms with Gasteiger partial charge in [0, 0.05) is 19.0 Å². The van der Waals surface area contributed by atoms with Crippen LogP contribution in [0.2, 0.25) is 0 Å². The van der Waals surface area contributed by atoms with Crippen LogP contribution in [0.15, 0.2) is 30.6 Å². The summed E-state index contributed by atoms with van der Waals surface area (Å²) in [6.45, 7) is 0.452. The Balaban J connectivity index is 1.99. The zero-order valence-corrected chi connectivity index (χ0v) is 14.7. The SMILES string of the molecule is CCN(C[C@@H](O)C(F)(F)F)C(=O)Nc1cnc(Cc2cc(F)cc(F)c2)cn1. The van der Waals surface area contributed by atoms with Crippen LogP contribution in [-0.4, -0.2) is 51.4 Å². The van der Waals surface area contributed by atoms with E-state index in [0.717, 1.165) is 29.3 Å². The van der Waals surface area contributed by atoms with Crippen LogP contribution >= 0.6 is 0 Å². The molecule has 2 rings (SSSR count). The number of carbonyl (C=O) groups excluding carboxylic acids is 1. The third-order valence-electron chi connectivity index (χ3n) is 3.69. The average molecular weight is 404 g/mol. The summed E-state index contributed by atoms with van der Waals surface area (Å²) in [5.41, 5.74) is 0.699. The molecule has 0 aliphatic carbocycles. The van der Waals surface area contributed by atoms with Crippen LogP contribution in [0.4, 0.5) is 32.6 Å². The molecular formula is C17H17F5N4O2. The minimum Gasteiger partial charge on any atom is -0.382 e. The zero-order chi connectivity index (χ0) is 20.9. The summed E-state index contributed by atoms with van der Waals surface area (Å²) in [6.07, 6.45) is -4.99. The van der Waals surface area contributed by atoms with Gasteiger partial charge in [-0.05, 0) is 24.6 Å². The predicted molar refractivity (Wildman–Crippen MR) is 89.5 cm³/mol. The summed E-state index contributed by atoms with van der Waals surface area (Å²) in [5.74, 6) is -1.49. The average Bonchev–Trinajstić information content (AvgIpc) is 2.59. The van der Waals surface area contributed by atoms with E-state index in [1.165, 1.54) is 13.1 Å². The largest absolute Gasteiger partial charge is 0.416 e. The highest BCUT2D eigenvalue weighted by molar-refractivity contribution is 5.88. The Labute approximate surface area is 157 Å². The number of urea groups is 1. The molecular weight excluding hydrogens is 387 g/mol. The van der Waals surface area contributed by atoms with Crippen molar-refractivity contribution in [1.82, 2.24) is 14.9 Å². The minimum absolute atomic E-state index is 0.0286. The van der Waals surface area contributed by atoms with Crippen molar-refractivity contribution in [3.05, 3.63) is 53.5 Å². The molecule has 28 heavy (non-hydrogen) atoms. The lowest BCUT2D eigenvalue weighted by Crippen LogP contribution is -2.45. The fraction of sp³-hybridized carbons (Fsp3) is 0.353. The molecule has 0 fully saturated rings. The third kappa shape index (κ3) is 6.12. The number of alkyl halides is 3. The van der Waals surface area contributed by atoms with Crippen LogP contribution in [0.5, 0.6) is 0 Å². The second-order valence-electron chi connectivity index (χ2n) is 5.87. The van der Waals surface area contributed by atoms with Crippen LogP contribution < -0.4 is 5.32 Å². The molecule has 1 aromatic heterocycles. The summed E-state index contributed by atoms with van der Waals surface area (Å²) < 4.78 is 63.7. The molecule has 6 nitrogen and oxygen atoms in total. The van der Waals surface area contributed by atoms with Crippen LogP contribution in [-0.2, 0) is 6.42 Å². The van der Waals surface area contributed by atoms with E-state index in [2.05, 4.69) is 15.3 Å². The maximum Gasteiger partial charge on any atom is 0.416 e. The first kappa shape index (κ1) is 21.5. The highest BCUT2D eigenvalue weighted by Crippen LogP contribution is 2.21. The van der Waals surface area contributed by atoms with Crippen LogP contribution in [0.1, 0.15) is 18.2 Å². The van der Waals surface area contributed by atoms with Gasteiger partial charge in [-0.3, -0.25) is 10.3 Å². The number of hydrogen-bond acceptors (Lipinski definition) is 4. The Bertz CT molecular complexity index is 794. The first-order chi connectivity index (χ1) is 13.1. The van der Waals surface area contributed by atoms with E-state index in [0.29, 0.717) is 11.3 Å². The number of aromatic nitrogens is 2. The van der Waals surface area contributed by atoms with E-state index in [-0.39, 0.29) is 18.8 Å². The Hall–Kier alpha value is -2.82. The standard InChI is InChI=1S/C17H17F5N4O2/c1-2-26(9-14(27)17(20,21)22)16(28)25-15-8-23-13(7-24-15)5-10-3-11(18)6-12(19)4-10/h3-4,6-8,14,27H,2,5,9H2,1H3,(H,24,25,28)/t14-/m1/s1. The van der Waals surface area contributed by atoms with Crippen molar-refractivity contribution >= 4 is 11.8 Å². The number of carbonyl (C=O) groups is 1. The molecule has 0 aliphatic rings. The summed E-state index contributed by atoms with van der Waals surface area (Å²) in [7, 11) is 0. The lowest BCUT2D eigenvalue weighted by atomic mass is 10.1. The molecule has 2 N–H and O–H groups in total. The second kappa shape index (κ2) is 8.91. The fourth-order valence-corrected chi connectivity index (χ4v) is 2.29. The lowest BCUT2D eigenvalue weighted by molar-refractivity contribution is -0.206. The van der Waals surface area contributed by atoms with Crippen molar-refractivity contribution in [3.63, 3.8) is 0 Å². The Kier molecular flexibility index (Phi) is 6.84. The van der Waals surface area contributed by atoms with E-state index in [1.54, 1.807) is 0 Å².